The van der Waals surface area contributed by atoms with E-state index in [-0.39, 0.29) is 17.6 Å². The summed E-state index contributed by atoms with van der Waals surface area (Å²) >= 11 is 6.31. The molecule has 1 aliphatic heterocycles. The summed E-state index contributed by atoms with van der Waals surface area (Å²) in [5.41, 5.74) is 8.19. The van der Waals surface area contributed by atoms with Crippen molar-refractivity contribution in [2.45, 2.75) is 38.1 Å². The minimum absolute atomic E-state index is 0.0402. The van der Waals surface area contributed by atoms with Gasteiger partial charge in [0.05, 0.1) is 23.8 Å². The van der Waals surface area contributed by atoms with Gasteiger partial charge in [-0.25, -0.2) is 9.97 Å². The van der Waals surface area contributed by atoms with Crippen molar-refractivity contribution < 1.29 is 9.53 Å². The van der Waals surface area contributed by atoms with Crippen LogP contribution in [-0.4, -0.2) is 27.6 Å². The number of thiophene rings is 1. The largest absolute Gasteiger partial charge is 0.383 e. The van der Waals surface area contributed by atoms with Gasteiger partial charge in [0.1, 0.15) is 10.6 Å². The third-order valence-corrected chi connectivity index (χ3v) is 7.29. The summed E-state index contributed by atoms with van der Waals surface area (Å²) in [6.07, 6.45) is 1.04. The number of rotatable bonds is 5. The molecule has 0 saturated carbocycles. The Kier molecular flexibility index (Phi) is 5.73. The van der Waals surface area contributed by atoms with Crippen LogP contribution < -0.4 is 5.73 Å². The highest BCUT2D eigenvalue weighted by Crippen LogP contribution is 2.39. The van der Waals surface area contributed by atoms with Gasteiger partial charge in [-0.3, -0.25) is 4.79 Å². The number of halogens is 1. The van der Waals surface area contributed by atoms with Crippen LogP contribution in [0.25, 0.3) is 10.2 Å². The first-order chi connectivity index (χ1) is 13.4. The van der Waals surface area contributed by atoms with Crippen LogP contribution in [0.5, 0.6) is 0 Å². The molecule has 3 aromatic rings. The molecule has 2 N–H and O–H groups in total. The molecule has 3 heterocycles. The van der Waals surface area contributed by atoms with E-state index >= 15 is 0 Å². The Hall–Kier alpha value is -1.48. The summed E-state index contributed by atoms with van der Waals surface area (Å²) in [4.78, 5) is 23.6. The molecule has 0 spiro atoms. The molecule has 0 radical (unpaired) electrons. The summed E-state index contributed by atoms with van der Waals surface area (Å²) in [6.45, 7) is 4.94. The van der Waals surface area contributed by atoms with Crippen LogP contribution in [0.4, 0.5) is 5.82 Å². The van der Waals surface area contributed by atoms with E-state index in [1.807, 2.05) is 24.3 Å². The molecule has 8 heteroatoms. The number of hydrogen-bond donors (Lipinski definition) is 1. The maximum absolute atomic E-state index is 12.4. The third kappa shape index (κ3) is 3.96. The molecule has 28 heavy (non-hydrogen) atoms. The lowest BCUT2D eigenvalue weighted by Crippen LogP contribution is -2.26. The Morgan fingerprint density at radius 1 is 1.36 bits per heavy atom. The number of nitrogen functional groups attached to an aromatic ring is 1. The van der Waals surface area contributed by atoms with Crippen LogP contribution in [0.3, 0.4) is 0 Å². The highest BCUT2D eigenvalue weighted by atomic mass is 79.9. The molecule has 0 amide bonds. The zero-order valence-electron chi connectivity index (χ0n) is 15.6. The maximum Gasteiger partial charge on any atom is 0.191 e. The summed E-state index contributed by atoms with van der Waals surface area (Å²) in [7, 11) is 0. The Balaban J connectivity index is 1.55. The lowest BCUT2D eigenvalue weighted by molar-refractivity contribution is 0.00203. The summed E-state index contributed by atoms with van der Waals surface area (Å²) in [5.74, 6) is 1.25. The molecular weight excluding hydrogens is 458 g/mol. The molecule has 0 bridgehead atoms. The number of fused-ring (bicyclic) bond motifs is 3. The van der Waals surface area contributed by atoms with Crippen LogP contribution in [0.15, 0.2) is 33.9 Å². The second-order valence-electron chi connectivity index (χ2n) is 7.09. The zero-order valence-corrected chi connectivity index (χ0v) is 18.8. The second-order valence-corrected chi connectivity index (χ2v) is 10.0. The number of aromatic nitrogens is 2. The van der Waals surface area contributed by atoms with Gasteiger partial charge in [-0.05, 0) is 23.6 Å². The van der Waals surface area contributed by atoms with Crippen molar-refractivity contribution in [2.24, 2.45) is 5.92 Å². The van der Waals surface area contributed by atoms with E-state index in [1.165, 1.54) is 22.2 Å². The molecule has 4 rings (SSSR count). The standard InChI is InChI=1S/C20H20BrN3O2S2/c1-10(2)15-7-13-16(8-26-15)28-19-17(13)18(22)23-20(24-19)27-9-14(25)11-3-5-12(21)6-4-11/h3-6,10,15H,7-9H2,1-2H3,(H2,22,23,24)/t15-/m0/s1. The number of nitrogens with zero attached hydrogens (tertiary/aromatic N) is 2. The maximum atomic E-state index is 12.4. The molecule has 0 fully saturated rings. The normalized spacial score (nSPS) is 16.5. The van der Waals surface area contributed by atoms with E-state index in [0.717, 1.165) is 21.1 Å². The van der Waals surface area contributed by atoms with Gasteiger partial charge in [0.15, 0.2) is 10.9 Å². The third-order valence-electron chi connectivity index (χ3n) is 4.82. The SMILES string of the molecule is CC(C)[C@@H]1Cc2c(sc3nc(SCC(=O)c4ccc(Br)cc4)nc(N)c23)CO1. The predicted molar refractivity (Wildman–Crippen MR) is 118 cm³/mol. The average molecular weight is 478 g/mol. The predicted octanol–water partition coefficient (Wildman–Crippen LogP) is 5.11. The monoisotopic (exact) mass is 477 g/mol. The lowest BCUT2D eigenvalue weighted by Gasteiger charge is -2.26. The molecule has 1 aromatic carbocycles. The molecule has 5 nitrogen and oxygen atoms in total. The fourth-order valence-electron chi connectivity index (χ4n) is 3.23. The number of hydrogen-bond acceptors (Lipinski definition) is 7. The first-order valence-electron chi connectivity index (χ1n) is 9.03. The van der Waals surface area contributed by atoms with E-state index < -0.39 is 0 Å². The molecule has 0 saturated heterocycles. The van der Waals surface area contributed by atoms with Crippen LogP contribution in [-0.2, 0) is 17.8 Å². The van der Waals surface area contributed by atoms with Gasteiger partial charge in [-0.1, -0.05) is 53.7 Å². The molecule has 0 unspecified atom stereocenters. The highest BCUT2D eigenvalue weighted by Gasteiger charge is 2.27. The molecule has 146 valence electrons. The molecule has 1 aliphatic rings. The molecule has 2 aromatic heterocycles. The van der Waals surface area contributed by atoms with Crippen molar-refractivity contribution in [3.63, 3.8) is 0 Å². The first-order valence-corrected chi connectivity index (χ1v) is 11.6. The minimum atomic E-state index is 0.0402. The summed E-state index contributed by atoms with van der Waals surface area (Å²) in [6, 6.07) is 7.34. The van der Waals surface area contributed by atoms with Crippen molar-refractivity contribution >= 4 is 60.8 Å². The molecule has 0 aliphatic carbocycles. The van der Waals surface area contributed by atoms with Gasteiger partial charge in [0.2, 0.25) is 0 Å². The fraction of sp³-hybridized carbons (Fsp3) is 0.350. The second kappa shape index (κ2) is 8.10. The van der Waals surface area contributed by atoms with E-state index in [0.29, 0.717) is 29.1 Å². The number of nitrogens with two attached hydrogens (primary N) is 1. The number of ketones is 1. The van der Waals surface area contributed by atoms with Crippen LogP contribution >= 0.6 is 39.0 Å². The number of ether oxygens (including phenoxy) is 1. The van der Waals surface area contributed by atoms with Crippen molar-refractivity contribution in [3.05, 3.63) is 44.7 Å². The topological polar surface area (TPSA) is 78.1 Å². The lowest BCUT2D eigenvalue weighted by atomic mass is 9.96. The number of anilines is 1. The van der Waals surface area contributed by atoms with E-state index in [2.05, 4.69) is 39.7 Å². The van der Waals surface area contributed by atoms with Crippen LogP contribution in [0.2, 0.25) is 0 Å². The number of thioether (sulfide) groups is 1. The Labute approximate surface area is 180 Å². The van der Waals surface area contributed by atoms with Gasteiger partial charge in [-0.2, -0.15) is 0 Å². The number of carbonyl (C=O) groups is 1. The first kappa shape index (κ1) is 19.8. The molecular formula is C20H20BrN3O2S2. The van der Waals surface area contributed by atoms with E-state index in [4.69, 9.17) is 10.5 Å². The molecule has 1 atom stereocenters. The number of carbonyl (C=O) groups excluding carboxylic acids is 1. The van der Waals surface area contributed by atoms with Gasteiger partial charge in [0, 0.05) is 21.3 Å². The van der Waals surface area contributed by atoms with Gasteiger partial charge >= 0.3 is 0 Å². The highest BCUT2D eigenvalue weighted by molar-refractivity contribution is 9.10. The Morgan fingerprint density at radius 3 is 2.82 bits per heavy atom. The fourth-order valence-corrected chi connectivity index (χ4v) is 5.43. The summed E-state index contributed by atoms with van der Waals surface area (Å²) < 4.78 is 6.92. The van der Waals surface area contributed by atoms with Crippen molar-refractivity contribution in [3.8, 4) is 0 Å². The quantitative estimate of drug-likeness (QED) is 0.312. The van der Waals surface area contributed by atoms with Crippen molar-refractivity contribution in [1.29, 1.82) is 0 Å². The van der Waals surface area contributed by atoms with Gasteiger partial charge < -0.3 is 10.5 Å². The summed E-state index contributed by atoms with van der Waals surface area (Å²) in [5, 5.41) is 1.49. The zero-order chi connectivity index (χ0) is 19.8. The van der Waals surface area contributed by atoms with Crippen molar-refractivity contribution in [1.82, 2.24) is 9.97 Å². The number of Topliss-reactive ketones (excluding diaryl/α,β-unsaturated/α-hetero) is 1. The average Bonchev–Trinajstić information content (AvgIpc) is 3.04. The Morgan fingerprint density at radius 2 is 2.11 bits per heavy atom. The minimum Gasteiger partial charge on any atom is -0.383 e. The van der Waals surface area contributed by atoms with Crippen molar-refractivity contribution in [2.75, 3.05) is 11.5 Å². The van der Waals surface area contributed by atoms with Gasteiger partial charge in [0.25, 0.3) is 0 Å². The van der Waals surface area contributed by atoms with Crippen LogP contribution in [0, 0.1) is 5.92 Å². The number of benzene rings is 1. The smallest absolute Gasteiger partial charge is 0.191 e. The van der Waals surface area contributed by atoms with E-state index in [9.17, 15) is 4.79 Å². The van der Waals surface area contributed by atoms with Gasteiger partial charge in [-0.15, -0.1) is 11.3 Å². The van der Waals surface area contributed by atoms with E-state index in [1.54, 1.807) is 11.3 Å². The van der Waals surface area contributed by atoms with Crippen LogP contribution in [0.1, 0.15) is 34.6 Å². The Bertz CT molecular complexity index is 1030.